The molecule has 3 rings (SSSR count). The van der Waals surface area contributed by atoms with Crippen molar-refractivity contribution < 1.29 is 32.2 Å². The summed E-state index contributed by atoms with van der Waals surface area (Å²) < 4.78 is 52.1. The Bertz CT molecular complexity index is 924. The van der Waals surface area contributed by atoms with Crippen molar-refractivity contribution in [2.45, 2.75) is 37.5 Å². The Morgan fingerprint density at radius 2 is 1.83 bits per heavy atom. The molecule has 1 aromatic carbocycles. The van der Waals surface area contributed by atoms with Crippen LogP contribution in [0.3, 0.4) is 0 Å². The highest BCUT2D eigenvalue weighted by Crippen LogP contribution is 2.37. The Balaban J connectivity index is 2.02. The second-order valence-electron chi connectivity index (χ2n) is 6.61. The maximum atomic E-state index is 14.2. The third-order valence-corrected chi connectivity index (χ3v) is 5.78. The quantitative estimate of drug-likeness (QED) is 0.526. The predicted octanol–water partition coefficient (Wildman–Crippen LogP) is 3.30. The highest BCUT2D eigenvalue weighted by molar-refractivity contribution is 7.15. The van der Waals surface area contributed by atoms with Gasteiger partial charge in [0.25, 0.3) is 5.91 Å². The molecule has 1 atom stereocenters. The van der Waals surface area contributed by atoms with Crippen LogP contribution >= 0.6 is 11.3 Å². The van der Waals surface area contributed by atoms with E-state index in [1.165, 1.54) is 25.3 Å². The number of hydrogen-bond acceptors (Lipinski definition) is 7. The van der Waals surface area contributed by atoms with E-state index in [1.54, 1.807) is 11.4 Å². The number of methoxy groups -OCH3 is 2. The molecule has 11 heteroatoms. The number of esters is 1. The summed E-state index contributed by atoms with van der Waals surface area (Å²) in [5, 5.41) is 3.77. The monoisotopic (exact) mass is 443 g/mol. The van der Waals surface area contributed by atoms with Gasteiger partial charge in [0.15, 0.2) is 5.13 Å². The number of fused-ring (bicyclic) bond motifs is 1. The van der Waals surface area contributed by atoms with Crippen LogP contribution in [0.5, 0.6) is 5.75 Å². The summed E-state index contributed by atoms with van der Waals surface area (Å²) in [7, 11) is 2.09. The maximum absolute atomic E-state index is 14.2. The fourth-order valence-corrected chi connectivity index (χ4v) is 4.28. The van der Waals surface area contributed by atoms with E-state index in [1.807, 2.05) is 0 Å². The zero-order valence-electron chi connectivity index (χ0n) is 16.3. The number of benzene rings is 1. The number of aryl methyl sites for hydroxylation is 2. The average Bonchev–Trinajstić information content (AvgIpc) is 3.13. The Labute approximate surface area is 174 Å². The minimum absolute atomic E-state index is 0.0562. The standard InChI is InChI=1S/C19H20F3N3O4S/c1-28-13-9-5-3-7-11(13)15(26)24-18(16(27)29-2,19(20,21)22)25-17-23-12-8-4-6-10-14(12)30-17/h3,5,7,9H,4,6,8,10H2,1-2H3,(H,23,25)(H,24,26). The molecule has 0 saturated carbocycles. The van der Waals surface area contributed by atoms with Gasteiger partial charge in [-0.1, -0.05) is 12.1 Å². The molecule has 1 amide bonds. The van der Waals surface area contributed by atoms with Crippen molar-refractivity contribution in [3.8, 4) is 5.75 Å². The van der Waals surface area contributed by atoms with Gasteiger partial charge in [0.05, 0.1) is 25.5 Å². The van der Waals surface area contributed by atoms with Gasteiger partial charge < -0.3 is 20.1 Å². The molecular weight excluding hydrogens is 423 g/mol. The number of hydrogen-bond donors (Lipinski definition) is 2. The van der Waals surface area contributed by atoms with Gasteiger partial charge in [-0.2, -0.15) is 13.2 Å². The van der Waals surface area contributed by atoms with Gasteiger partial charge in [-0.05, 0) is 37.8 Å². The number of rotatable bonds is 6. The molecule has 162 valence electrons. The molecule has 0 spiro atoms. The zero-order valence-corrected chi connectivity index (χ0v) is 17.1. The Morgan fingerprint density at radius 1 is 1.13 bits per heavy atom. The SMILES string of the molecule is COC(=O)C(NC(=O)c1ccccc1OC)(Nc1nc2c(s1)CCCC2)C(F)(F)F. The molecule has 2 aromatic rings. The van der Waals surface area contributed by atoms with Crippen LogP contribution in [0.2, 0.25) is 0 Å². The number of carbonyl (C=O) groups is 2. The summed E-state index contributed by atoms with van der Waals surface area (Å²) in [5.41, 5.74) is -3.00. The first kappa shape index (κ1) is 21.9. The number of carbonyl (C=O) groups excluding carboxylic acids is 2. The van der Waals surface area contributed by atoms with Crippen LogP contribution in [-0.4, -0.2) is 42.9 Å². The normalized spacial score (nSPS) is 15.5. The first-order valence-corrected chi connectivity index (χ1v) is 9.91. The maximum Gasteiger partial charge on any atom is 0.442 e. The number of aromatic nitrogens is 1. The van der Waals surface area contributed by atoms with Gasteiger partial charge in [-0.15, -0.1) is 11.3 Å². The van der Waals surface area contributed by atoms with E-state index in [0.717, 1.165) is 36.2 Å². The average molecular weight is 443 g/mol. The van der Waals surface area contributed by atoms with Crippen molar-refractivity contribution >= 4 is 28.3 Å². The summed E-state index contributed by atoms with van der Waals surface area (Å²) in [6, 6.07) is 5.73. The fourth-order valence-electron chi connectivity index (χ4n) is 3.18. The van der Waals surface area contributed by atoms with Crippen molar-refractivity contribution in [3.05, 3.63) is 40.4 Å². The lowest BCUT2D eigenvalue weighted by Crippen LogP contribution is -2.69. The first-order valence-electron chi connectivity index (χ1n) is 9.09. The van der Waals surface area contributed by atoms with Crippen LogP contribution in [0, 0.1) is 0 Å². The smallest absolute Gasteiger partial charge is 0.442 e. The number of para-hydroxylation sites is 1. The number of nitrogens with zero attached hydrogens (tertiary/aromatic N) is 1. The van der Waals surface area contributed by atoms with Gasteiger partial charge in [-0.25, -0.2) is 9.78 Å². The summed E-state index contributed by atoms with van der Waals surface area (Å²) in [6.45, 7) is 0. The summed E-state index contributed by atoms with van der Waals surface area (Å²) in [5.74, 6) is -2.82. The van der Waals surface area contributed by atoms with E-state index < -0.39 is 23.7 Å². The second-order valence-corrected chi connectivity index (χ2v) is 7.70. The van der Waals surface area contributed by atoms with Crippen LogP contribution in [0.1, 0.15) is 33.8 Å². The Kier molecular flexibility index (Phi) is 6.20. The van der Waals surface area contributed by atoms with Gasteiger partial charge in [0.1, 0.15) is 5.75 Å². The molecule has 7 nitrogen and oxygen atoms in total. The highest BCUT2D eigenvalue weighted by atomic mass is 32.1. The number of anilines is 1. The second kappa shape index (κ2) is 8.50. The highest BCUT2D eigenvalue weighted by Gasteiger charge is 2.64. The van der Waals surface area contributed by atoms with E-state index >= 15 is 0 Å². The van der Waals surface area contributed by atoms with Crippen molar-refractivity contribution in [2.75, 3.05) is 19.5 Å². The minimum Gasteiger partial charge on any atom is -0.496 e. The molecule has 1 unspecified atom stereocenters. The lowest BCUT2D eigenvalue weighted by molar-refractivity contribution is -0.203. The van der Waals surface area contributed by atoms with Crippen LogP contribution in [0.15, 0.2) is 24.3 Å². The molecule has 0 radical (unpaired) electrons. The molecule has 1 aliphatic carbocycles. The van der Waals surface area contributed by atoms with Gasteiger partial charge in [0, 0.05) is 4.88 Å². The number of amides is 1. The van der Waals surface area contributed by atoms with Gasteiger partial charge >= 0.3 is 17.8 Å². The molecule has 1 aromatic heterocycles. The minimum atomic E-state index is -5.23. The van der Waals surface area contributed by atoms with E-state index in [0.29, 0.717) is 18.5 Å². The van der Waals surface area contributed by atoms with Crippen LogP contribution in [0.4, 0.5) is 18.3 Å². The predicted molar refractivity (Wildman–Crippen MR) is 104 cm³/mol. The summed E-state index contributed by atoms with van der Waals surface area (Å²) in [4.78, 5) is 30.2. The molecular formula is C19H20F3N3O4S. The van der Waals surface area contributed by atoms with Crippen molar-refractivity contribution in [1.29, 1.82) is 0 Å². The third-order valence-electron chi connectivity index (χ3n) is 4.71. The van der Waals surface area contributed by atoms with Crippen LogP contribution in [0.25, 0.3) is 0 Å². The molecule has 0 saturated heterocycles. The van der Waals surface area contributed by atoms with E-state index in [9.17, 15) is 22.8 Å². The van der Waals surface area contributed by atoms with Crippen LogP contribution in [-0.2, 0) is 22.4 Å². The van der Waals surface area contributed by atoms with E-state index in [4.69, 9.17) is 4.74 Å². The molecule has 1 aliphatic rings. The molecule has 0 bridgehead atoms. The molecule has 0 fully saturated rings. The van der Waals surface area contributed by atoms with Crippen LogP contribution < -0.4 is 15.4 Å². The number of thiazole rings is 1. The van der Waals surface area contributed by atoms with E-state index in [2.05, 4.69) is 15.0 Å². The molecule has 0 aliphatic heterocycles. The number of alkyl halides is 3. The Morgan fingerprint density at radius 3 is 2.47 bits per heavy atom. The number of halogens is 3. The van der Waals surface area contributed by atoms with Gasteiger partial charge in [0.2, 0.25) is 0 Å². The Hall–Kier alpha value is -2.82. The fraction of sp³-hybridized carbons (Fsp3) is 0.421. The first-order chi connectivity index (χ1) is 14.2. The van der Waals surface area contributed by atoms with Crippen molar-refractivity contribution in [2.24, 2.45) is 0 Å². The molecule has 30 heavy (non-hydrogen) atoms. The summed E-state index contributed by atoms with van der Waals surface area (Å²) in [6.07, 6.45) is -2.06. The summed E-state index contributed by atoms with van der Waals surface area (Å²) >= 11 is 1.03. The lowest BCUT2D eigenvalue weighted by atomic mass is 10.0. The largest absolute Gasteiger partial charge is 0.496 e. The third kappa shape index (κ3) is 4.07. The molecule has 1 heterocycles. The van der Waals surface area contributed by atoms with E-state index in [-0.39, 0.29) is 16.4 Å². The topological polar surface area (TPSA) is 89.5 Å². The van der Waals surface area contributed by atoms with Crippen molar-refractivity contribution in [3.63, 3.8) is 0 Å². The lowest BCUT2D eigenvalue weighted by Gasteiger charge is -2.34. The zero-order chi connectivity index (χ0) is 21.9. The van der Waals surface area contributed by atoms with Crippen molar-refractivity contribution in [1.82, 2.24) is 10.3 Å². The number of nitrogens with one attached hydrogen (secondary N) is 2. The molecule has 2 N–H and O–H groups in total. The number of ether oxygens (including phenoxy) is 2. The van der Waals surface area contributed by atoms with Gasteiger partial charge in [-0.3, -0.25) is 4.79 Å².